The Balaban J connectivity index is 1.84. The third-order valence-electron chi connectivity index (χ3n) is 6.25. The Morgan fingerprint density at radius 3 is 1.59 bits per heavy atom. The zero-order valence-electron chi connectivity index (χ0n) is 18.0. The molecule has 0 aromatic carbocycles. The van der Waals surface area contributed by atoms with Crippen molar-refractivity contribution in [2.24, 2.45) is 11.5 Å². The molecule has 3 aliphatic heterocycles. The fourth-order valence-corrected chi connectivity index (χ4v) is 4.14. The minimum atomic E-state index is -1.80. The highest BCUT2D eigenvalue weighted by Gasteiger charge is 2.53. The van der Waals surface area contributed by atoms with Gasteiger partial charge >= 0.3 is 0 Å². The Labute approximate surface area is 193 Å². The van der Waals surface area contributed by atoms with Gasteiger partial charge in [-0.25, -0.2) is 0 Å². The second-order valence-electron chi connectivity index (χ2n) is 8.51. The van der Waals surface area contributed by atoms with Gasteiger partial charge in [0.25, 0.3) is 0 Å². The summed E-state index contributed by atoms with van der Waals surface area (Å²) in [6, 6.07) is -2.70. The summed E-state index contributed by atoms with van der Waals surface area (Å²) in [6.07, 6.45) is -19.8. The van der Waals surface area contributed by atoms with Gasteiger partial charge in [0, 0.05) is 0 Å². The first-order valence-electron chi connectivity index (χ1n) is 10.7. The van der Waals surface area contributed by atoms with Crippen molar-refractivity contribution in [2.45, 2.75) is 92.0 Å². The SMILES string of the molecule is N[C@@H]1[C@H](O[C@H]2[C@H](O[C@H]3O[C@H](CO)[C@H](O)[C@H](O)[C@H]3O)[C@@H](N)[C@H](O)O[C@@H]2CO)O[C@H](CO)[C@@H](O)[C@@H]1O. The summed E-state index contributed by atoms with van der Waals surface area (Å²) in [5.74, 6) is 0. The summed E-state index contributed by atoms with van der Waals surface area (Å²) < 4.78 is 27.5. The van der Waals surface area contributed by atoms with Gasteiger partial charge in [0.15, 0.2) is 18.9 Å². The van der Waals surface area contributed by atoms with E-state index in [9.17, 15) is 46.0 Å². The Kier molecular flexibility index (Phi) is 9.54. The molecule has 16 nitrogen and oxygen atoms in total. The van der Waals surface area contributed by atoms with Gasteiger partial charge < -0.3 is 81.1 Å². The summed E-state index contributed by atoms with van der Waals surface area (Å²) >= 11 is 0. The molecule has 3 rings (SSSR count). The molecule has 0 aromatic heterocycles. The predicted octanol–water partition coefficient (Wildman–Crippen LogP) is -7.64. The molecule has 0 bridgehead atoms. The molecule has 34 heavy (non-hydrogen) atoms. The van der Waals surface area contributed by atoms with Crippen LogP contribution in [-0.2, 0) is 23.7 Å². The molecule has 3 heterocycles. The van der Waals surface area contributed by atoms with E-state index in [4.69, 9.17) is 35.2 Å². The molecule has 0 radical (unpaired) electrons. The number of nitrogens with two attached hydrogens (primary N) is 2. The van der Waals surface area contributed by atoms with Crippen molar-refractivity contribution in [1.29, 1.82) is 0 Å². The van der Waals surface area contributed by atoms with Crippen LogP contribution in [0.2, 0.25) is 0 Å². The molecule has 3 fully saturated rings. The highest BCUT2D eigenvalue weighted by molar-refractivity contribution is 4.98. The first kappa shape index (κ1) is 27.9. The number of rotatable bonds is 7. The van der Waals surface area contributed by atoms with E-state index in [1.165, 1.54) is 0 Å². The van der Waals surface area contributed by atoms with E-state index >= 15 is 0 Å². The second-order valence-corrected chi connectivity index (χ2v) is 8.51. The smallest absolute Gasteiger partial charge is 0.187 e. The van der Waals surface area contributed by atoms with Crippen LogP contribution in [0.5, 0.6) is 0 Å². The van der Waals surface area contributed by atoms with Crippen molar-refractivity contribution in [2.75, 3.05) is 19.8 Å². The molecule has 0 aromatic rings. The minimum absolute atomic E-state index is 0.682. The number of hydrogen-bond acceptors (Lipinski definition) is 16. The fraction of sp³-hybridized carbons (Fsp3) is 1.00. The maximum atomic E-state index is 10.3. The van der Waals surface area contributed by atoms with Crippen molar-refractivity contribution in [3.63, 3.8) is 0 Å². The van der Waals surface area contributed by atoms with Crippen molar-refractivity contribution in [3.05, 3.63) is 0 Å². The molecule has 0 saturated carbocycles. The maximum absolute atomic E-state index is 10.3. The third kappa shape index (κ3) is 5.37. The monoisotopic (exact) mass is 502 g/mol. The fourth-order valence-electron chi connectivity index (χ4n) is 4.14. The van der Waals surface area contributed by atoms with E-state index in [-0.39, 0.29) is 0 Å². The molecular formula is C18H34N2O14. The van der Waals surface area contributed by atoms with Crippen LogP contribution in [0.3, 0.4) is 0 Å². The van der Waals surface area contributed by atoms with Gasteiger partial charge in [-0.1, -0.05) is 0 Å². The highest BCUT2D eigenvalue weighted by atomic mass is 16.7. The lowest BCUT2D eigenvalue weighted by Gasteiger charge is -2.49. The summed E-state index contributed by atoms with van der Waals surface area (Å²) in [6.45, 7) is -2.13. The predicted molar refractivity (Wildman–Crippen MR) is 105 cm³/mol. The van der Waals surface area contributed by atoms with Crippen LogP contribution in [0.15, 0.2) is 0 Å². The maximum Gasteiger partial charge on any atom is 0.187 e. The first-order chi connectivity index (χ1) is 16.0. The normalized spacial score (nSPS) is 52.5. The van der Waals surface area contributed by atoms with Crippen LogP contribution >= 0.6 is 0 Å². The number of hydrogen-bond donors (Lipinski definition) is 11. The lowest BCUT2D eigenvalue weighted by Crippen LogP contribution is -2.69. The number of aliphatic hydroxyl groups excluding tert-OH is 9. The van der Waals surface area contributed by atoms with Crippen LogP contribution in [-0.4, -0.2) is 158 Å². The van der Waals surface area contributed by atoms with E-state index < -0.39 is 112 Å². The summed E-state index contributed by atoms with van der Waals surface area (Å²) in [5, 5.41) is 89.2. The van der Waals surface area contributed by atoms with Gasteiger partial charge in [0.05, 0.1) is 31.9 Å². The highest BCUT2D eigenvalue weighted by Crippen LogP contribution is 2.31. The van der Waals surface area contributed by atoms with E-state index in [1.807, 2.05) is 0 Å². The van der Waals surface area contributed by atoms with Crippen LogP contribution in [0.4, 0.5) is 0 Å². The molecule has 0 amide bonds. The molecule has 0 unspecified atom stereocenters. The van der Waals surface area contributed by atoms with Crippen LogP contribution in [0.1, 0.15) is 0 Å². The Bertz CT molecular complexity index is 608. The van der Waals surface area contributed by atoms with E-state index in [2.05, 4.69) is 0 Å². The van der Waals surface area contributed by atoms with Crippen LogP contribution in [0, 0.1) is 0 Å². The largest absolute Gasteiger partial charge is 0.394 e. The molecule has 15 atom stereocenters. The third-order valence-corrected chi connectivity index (χ3v) is 6.25. The Hall–Kier alpha value is -0.640. The van der Waals surface area contributed by atoms with Crippen molar-refractivity contribution < 1.29 is 69.6 Å². The van der Waals surface area contributed by atoms with Gasteiger partial charge in [-0.3, -0.25) is 0 Å². The second kappa shape index (κ2) is 11.6. The molecule has 3 saturated heterocycles. The molecule has 16 heteroatoms. The van der Waals surface area contributed by atoms with Crippen molar-refractivity contribution in [1.82, 2.24) is 0 Å². The van der Waals surface area contributed by atoms with Crippen LogP contribution < -0.4 is 11.5 Å². The minimum Gasteiger partial charge on any atom is -0.394 e. The molecule has 0 aliphatic carbocycles. The zero-order chi connectivity index (χ0) is 25.3. The lowest BCUT2D eigenvalue weighted by atomic mass is 9.94. The van der Waals surface area contributed by atoms with Crippen LogP contribution in [0.25, 0.3) is 0 Å². The van der Waals surface area contributed by atoms with Crippen molar-refractivity contribution in [3.8, 4) is 0 Å². The topological polar surface area (TPSA) is 280 Å². The zero-order valence-corrected chi connectivity index (χ0v) is 18.0. The molecule has 3 aliphatic rings. The molecule has 13 N–H and O–H groups in total. The lowest BCUT2D eigenvalue weighted by molar-refractivity contribution is -0.362. The summed E-state index contributed by atoms with van der Waals surface area (Å²) in [5.41, 5.74) is 11.9. The van der Waals surface area contributed by atoms with Gasteiger partial charge in [0.1, 0.15) is 61.0 Å². The van der Waals surface area contributed by atoms with Gasteiger partial charge in [-0.15, -0.1) is 0 Å². The molecule has 0 spiro atoms. The summed E-state index contributed by atoms with van der Waals surface area (Å²) in [4.78, 5) is 0. The average molecular weight is 502 g/mol. The average Bonchev–Trinajstić information content (AvgIpc) is 2.83. The number of aliphatic hydroxyl groups is 9. The molecular weight excluding hydrogens is 468 g/mol. The van der Waals surface area contributed by atoms with Gasteiger partial charge in [-0.05, 0) is 0 Å². The Morgan fingerprint density at radius 1 is 0.529 bits per heavy atom. The van der Waals surface area contributed by atoms with Gasteiger partial charge in [-0.2, -0.15) is 0 Å². The molecule has 200 valence electrons. The Morgan fingerprint density at radius 2 is 1.03 bits per heavy atom. The summed E-state index contributed by atoms with van der Waals surface area (Å²) in [7, 11) is 0. The number of ether oxygens (including phenoxy) is 5. The quantitative estimate of drug-likeness (QED) is 0.154. The van der Waals surface area contributed by atoms with E-state index in [1.54, 1.807) is 0 Å². The van der Waals surface area contributed by atoms with E-state index in [0.717, 1.165) is 0 Å². The van der Waals surface area contributed by atoms with E-state index in [0.29, 0.717) is 0 Å². The first-order valence-corrected chi connectivity index (χ1v) is 10.7. The van der Waals surface area contributed by atoms with Crippen molar-refractivity contribution >= 4 is 0 Å². The van der Waals surface area contributed by atoms with Gasteiger partial charge in [0.2, 0.25) is 0 Å². The standard InChI is InChI=1S/C18H34N2O14/c19-7-11(26)9(24)4(1-21)31-17(7)33-14-6(3-23)30-16(29)8(20)15(14)34-18-13(28)12(27)10(25)5(2-22)32-18/h4-18,21-29H,1-3,19-20H2/t4-,5-,6-,7+,8-,9-,10+,11-,12+,13-,14-,15-,16-,17+,18-/m1/s1.